The zero-order chi connectivity index (χ0) is 16.8. The van der Waals surface area contributed by atoms with Crippen LogP contribution in [0, 0.1) is 0 Å². The first kappa shape index (κ1) is 19.6. The summed E-state index contributed by atoms with van der Waals surface area (Å²) in [4.78, 5) is 42.9. The Balaban J connectivity index is 4.33. The van der Waals surface area contributed by atoms with Crippen LogP contribution in [0.1, 0.15) is 20.3 Å². The first-order chi connectivity index (χ1) is 9.44. The van der Waals surface area contributed by atoms with Crippen molar-refractivity contribution >= 4 is 25.2 Å². The predicted molar refractivity (Wildman–Crippen MR) is 73.4 cm³/mol. The fourth-order valence-electron chi connectivity index (χ4n) is 1.29. The smallest absolute Gasteiger partial charge is 0.242 e. The number of carbonyl (C=O) groups excluding carboxylic acids is 3. The van der Waals surface area contributed by atoms with Crippen LogP contribution in [0.15, 0.2) is 0 Å². The molecule has 0 aromatic rings. The van der Waals surface area contributed by atoms with Crippen LogP contribution in [0.3, 0.4) is 0 Å². The number of nitrogens with two attached hydrogens (primary N) is 1. The van der Waals surface area contributed by atoms with E-state index in [-0.39, 0.29) is 12.6 Å². The molecule has 0 heterocycles. The lowest BCUT2D eigenvalue weighted by molar-refractivity contribution is -0.307. The Hall–Kier alpha value is -1.44. The van der Waals surface area contributed by atoms with Gasteiger partial charge in [-0.3, -0.25) is 14.2 Å². The third-order valence-electron chi connectivity index (χ3n) is 2.66. The van der Waals surface area contributed by atoms with Gasteiger partial charge in [0.1, 0.15) is 6.04 Å². The summed E-state index contributed by atoms with van der Waals surface area (Å²) in [7, 11) is -3.25. The monoisotopic (exact) mass is 322 g/mol. The van der Waals surface area contributed by atoms with Gasteiger partial charge in [-0.25, -0.2) is 0 Å². The predicted octanol–water partition coefficient (Wildman–Crippen LogP) is -2.64. The van der Waals surface area contributed by atoms with Crippen LogP contribution in [0.2, 0.25) is 0 Å². The molecule has 0 aromatic carbocycles. The molecule has 5 N–H and O–H groups in total. The lowest BCUT2D eigenvalue weighted by Gasteiger charge is -2.20. The summed E-state index contributed by atoms with van der Waals surface area (Å²) in [5, 5.41) is 14.9. The van der Waals surface area contributed by atoms with Crippen molar-refractivity contribution in [3.8, 4) is 0 Å². The summed E-state index contributed by atoms with van der Waals surface area (Å²) < 4.78 is 11.1. The van der Waals surface area contributed by atoms with Gasteiger partial charge in [-0.05, 0) is 20.3 Å². The molecule has 0 saturated carbocycles. The molecule has 21 heavy (non-hydrogen) atoms. The van der Waals surface area contributed by atoms with E-state index in [9.17, 15) is 24.1 Å². The molecule has 10 heteroatoms. The number of carboxylic acid groups (broad SMARTS) is 1. The standard InChI is InChI=1S/C11H22N3O6P/c1-6(9(15)14-7(2)11(17)18)13-10(16)8(12)4-5-21(3,19)20/h6-8H,4-5,12H2,1-3H3,(H,13,16)(H,14,15)(H,17,18)(H,19,20)/p-1. The molecule has 0 fully saturated rings. The van der Waals surface area contributed by atoms with Gasteiger partial charge in [-0.2, -0.15) is 0 Å². The Morgan fingerprint density at radius 1 is 1.19 bits per heavy atom. The molecular formula is C11H21N3O6P-. The second kappa shape index (κ2) is 8.11. The van der Waals surface area contributed by atoms with Gasteiger partial charge in [0.25, 0.3) is 0 Å². The van der Waals surface area contributed by atoms with E-state index < -0.39 is 43.3 Å². The largest absolute Gasteiger partial charge is 0.548 e. The quantitative estimate of drug-likeness (QED) is 0.355. The summed E-state index contributed by atoms with van der Waals surface area (Å²) >= 11 is 0. The lowest BCUT2D eigenvalue weighted by Crippen LogP contribution is -2.54. The van der Waals surface area contributed by atoms with Crippen LogP contribution in [-0.4, -0.2) is 53.6 Å². The molecule has 0 saturated heterocycles. The second-order valence-electron chi connectivity index (χ2n) is 4.95. The van der Waals surface area contributed by atoms with E-state index in [1.54, 1.807) is 0 Å². The Kier molecular flexibility index (Phi) is 7.56. The number of carboxylic acids is 1. The van der Waals surface area contributed by atoms with Crippen LogP contribution in [-0.2, 0) is 18.9 Å². The minimum absolute atomic E-state index is 0.000100. The number of hydrogen-bond donors (Lipinski definition) is 4. The number of amides is 2. The van der Waals surface area contributed by atoms with E-state index in [1.807, 2.05) is 0 Å². The highest BCUT2D eigenvalue weighted by atomic mass is 31.2. The van der Waals surface area contributed by atoms with Crippen molar-refractivity contribution in [2.24, 2.45) is 5.73 Å². The average Bonchev–Trinajstić information content (AvgIpc) is 2.34. The minimum atomic E-state index is -3.25. The van der Waals surface area contributed by atoms with Crippen molar-refractivity contribution in [1.82, 2.24) is 10.6 Å². The number of hydrogen-bond acceptors (Lipinski definition) is 6. The molecule has 122 valence electrons. The summed E-state index contributed by atoms with van der Waals surface area (Å²) in [6, 6.07) is -3.21. The second-order valence-corrected chi connectivity index (χ2v) is 7.50. The molecule has 4 atom stereocenters. The molecule has 2 amide bonds. The van der Waals surface area contributed by atoms with Gasteiger partial charge < -0.3 is 31.2 Å². The van der Waals surface area contributed by atoms with Crippen molar-refractivity contribution in [2.75, 3.05) is 12.8 Å². The van der Waals surface area contributed by atoms with Crippen molar-refractivity contribution < 1.29 is 28.9 Å². The minimum Gasteiger partial charge on any atom is -0.548 e. The van der Waals surface area contributed by atoms with E-state index in [0.717, 1.165) is 6.66 Å². The topological polar surface area (TPSA) is 162 Å². The molecule has 0 aliphatic rings. The molecule has 4 unspecified atom stereocenters. The van der Waals surface area contributed by atoms with Gasteiger partial charge in [-0.15, -0.1) is 0 Å². The van der Waals surface area contributed by atoms with Gasteiger partial charge >= 0.3 is 0 Å². The molecular weight excluding hydrogens is 301 g/mol. The van der Waals surface area contributed by atoms with E-state index in [0.29, 0.717) is 0 Å². The number of aliphatic carboxylic acids is 1. The SMILES string of the molecule is CC(NC(=O)C(C)NC(=O)C(N)CCP(C)(=O)O)C(=O)[O-]. The molecule has 0 aliphatic carbocycles. The normalized spacial score (nSPS) is 18.0. The first-order valence-electron chi connectivity index (χ1n) is 6.30. The van der Waals surface area contributed by atoms with E-state index >= 15 is 0 Å². The Bertz CT molecular complexity index is 449. The van der Waals surface area contributed by atoms with Crippen molar-refractivity contribution in [3.63, 3.8) is 0 Å². The molecule has 0 aliphatic heterocycles. The molecule has 0 spiro atoms. The van der Waals surface area contributed by atoms with E-state index in [2.05, 4.69) is 10.6 Å². The Morgan fingerprint density at radius 3 is 2.10 bits per heavy atom. The molecule has 9 nitrogen and oxygen atoms in total. The van der Waals surface area contributed by atoms with Crippen LogP contribution in [0.25, 0.3) is 0 Å². The fourth-order valence-corrected chi connectivity index (χ4v) is 2.05. The summed E-state index contributed by atoms with van der Waals surface area (Å²) in [6.45, 7) is 3.75. The highest BCUT2D eigenvalue weighted by molar-refractivity contribution is 7.57. The molecule has 0 aromatic heterocycles. The first-order valence-corrected chi connectivity index (χ1v) is 8.59. The summed E-state index contributed by atoms with van der Waals surface area (Å²) in [5.74, 6) is -2.80. The highest BCUT2D eigenvalue weighted by Gasteiger charge is 2.22. The van der Waals surface area contributed by atoms with E-state index in [4.69, 9.17) is 10.6 Å². The van der Waals surface area contributed by atoms with E-state index in [1.165, 1.54) is 13.8 Å². The van der Waals surface area contributed by atoms with Gasteiger partial charge in [0.05, 0.1) is 18.1 Å². The third-order valence-corrected chi connectivity index (χ3v) is 3.74. The van der Waals surface area contributed by atoms with Gasteiger partial charge in [0.15, 0.2) is 7.37 Å². The van der Waals surface area contributed by atoms with Gasteiger partial charge in [-0.1, -0.05) is 0 Å². The van der Waals surface area contributed by atoms with Gasteiger partial charge in [0.2, 0.25) is 11.8 Å². The summed E-state index contributed by atoms with van der Waals surface area (Å²) in [5.41, 5.74) is 5.54. The van der Waals surface area contributed by atoms with Crippen molar-refractivity contribution in [3.05, 3.63) is 0 Å². The zero-order valence-corrected chi connectivity index (χ0v) is 13.1. The molecule has 0 bridgehead atoms. The Labute approximate surface area is 122 Å². The highest BCUT2D eigenvalue weighted by Crippen LogP contribution is 2.35. The number of carbonyl (C=O) groups is 3. The van der Waals surface area contributed by atoms with Crippen LogP contribution in [0.4, 0.5) is 0 Å². The number of nitrogens with one attached hydrogen (secondary N) is 2. The Morgan fingerprint density at radius 2 is 1.67 bits per heavy atom. The third kappa shape index (κ3) is 8.44. The van der Waals surface area contributed by atoms with Crippen molar-refractivity contribution in [1.29, 1.82) is 0 Å². The molecule has 0 rings (SSSR count). The fraction of sp³-hybridized carbons (Fsp3) is 0.727. The van der Waals surface area contributed by atoms with Crippen LogP contribution < -0.4 is 21.5 Å². The van der Waals surface area contributed by atoms with Crippen molar-refractivity contribution in [2.45, 2.75) is 38.4 Å². The maximum atomic E-state index is 11.7. The number of rotatable bonds is 8. The van der Waals surface area contributed by atoms with Gasteiger partial charge in [0, 0.05) is 12.8 Å². The summed E-state index contributed by atoms with van der Waals surface area (Å²) in [6.07, 6.45) is -0.107. The van der Waals surface area contributed by atoms with Crippen LogP contribution in [0.5, 0.6) is 0 Å². The lowest BCUT2D eigenvalue weighted by atomic mass is 10.2. The molecule has 0 radical (unpaired) electrons. The average molecular weight is 322 g/mol. The zero-order valence-electron chi connectivity index (χ0n) is 12.2. The maximum Gasteiger partial charge on any atom is 0.242 e. The van der Waals surface area contributed by atoms with Crippen LogP contribution >= 0.6 is 7.37 Å². The maximum absolute atomic E-state index is 11.7.